The van der Waals surface area contributed by atoms with Gasteiger partial charge in [-0.15, -0.1) is 0 Å². The zero-order valence-corrected chi connectivity index (χ0v) is 9.75. The molecule has 2 nitrogen and oxygen atoms in total. The largest absolute Gasteiger partial charge is 0.466 e. The van der Waals surface area contributed by atoms with Gasteiger partial charge in [-0.3, -0.25) is 4.79 Å². The standard InChI is InChI=1S/C12H15ClO2/c1-3-11(12(14)15-4-2)9-6-5-7-10(13)8-9/h5-8,11H,3-4H2,1-2H3. The smallest absolute Gasteiger partial charge is 0.313 e. The van der Waals surface area contributed by atoms with Gasteiger partial charge >= 0.3 is 5.97 Å². The summed E-state index contributed by atoms with van der Waals surface area (Å²) in [5.74, 6) is -0.383. The van der Waals surface area contributed by atoms with Crippen LogP contribution >= 0.6 is 11.6 Å². The molecule has 0 saturated heterocycles. The number of rotatable bonds is 4. The predicted octanol–water partition coefficient (Wildman–Crippen LogP) is 3.40. The minimum Gasteiger partial charge on any atom is -0.466 e. The Bertz CT molecular complexity index is 336. The van der Waals surface area contributed by atoms with Gasteiger partial charge in [0.15, 0.2) is 0 Å². The fourth-order valence-corrected chi connectivity index (χ4v) is 1.70. The lowest BCUT2D eigenvalue weighted by molar-refractivity contribution is -0.145. The summed E-state index contributed by atoms with van der Waals surface area (Å²) in [5, 5.41) is 0.648. The van der Waals surface area contributed by atoms with Crippen LogP contribution < -0.4 is 0 Å². The van der Waals surface area contributed by atoms with Gasteiger partial charge in [0.25, 0.3) is 0 Å². The summed E-state index contributed by atoms with van der Waals surface area (Å²) < 4.78 is 5.01. The summed E-state index contributed by atoms with van der Waals surface area (Å²) in [6, 6.07) is 7.35. The molecule has 0 radical (unpaired) electrons. The highest BCUT2D eigenvalue weighted by molar-refractivity contribution is 6.30. The maximum Gasteiger partial charge on any atom is 0.313 e. The maximum absolute atomic E-state index is 11.6. The van der Waals surface area contributed by atoms with E-state index in [-0.39, 0.29) is 11.9 Å². The van der Waals surface area contributed by atoms with Gasteiger partial charge in [-0.25, -0.2) is 0 Å². The molecular weight excluding hydrogens is 212 g/mol. The topological polar surface area (TPSA) is 26.3 Å². The average Bonchev–Trinajstić information content (AvgIpc) is 2.19. The molecule has 0 spiro atoms. The molecule has 0 saturated carbocycles. The van der Waals surface area contributed by atoms with Crippen LogP contribution in [0.3, 0.4) is 0 Å². The highest BCUT2D eigenvalue weighted by atomic mass is 35.5. The van der Waals surface area contributed by atoms with E-state index in [1.165, 1.54) is 0 Å². The lowest BCUT2D eigenvalue weighted by atomic mass is 9.97. The molecule has 1 rings (SSSR count). The lowest BCUT2D eigenvalue weighted by Crippen LogP contribution is -2.15. The molecule has 1 aromatic rings. The second-order valence-corrected chi connectivity index (χ2v) is 3.70. The monoisotopic (exact) mass is 226 g/mol. The third kappa shape index (κ3) is 3.24. The highest BCUT2D eigenvalue weighted by Crippen LogP contribution is 2.23. The van der Waals surface area contributed by atoms with E-state index in [4.69, 9.17) is 16.3 Å². The van der Waals surface area contributed by atoms with Crippen molar-refractivity contribution in [2.24, 2.45) is 0 Å². The number of ether oxygens (including phenoxy) is 1. The molecule has 3 heteroatoms. The molecule has 0 heterocycles. The number of benzene rings is 1. The second kappa shape index (κ2) is 5.76. The van der Waals surface area contributed by atoms with Gasteiger partial charge in [0.2, 0.25) is 0 Å². The van der Waals surface area contributed by atoms with Crippen LogP contribution in [0.1, 0.15) is 31.7 Å². The Labute approximate surface area is 95.2 Å². The number of carbonyl (C=O) groups excluding carboxylic acids is 1. The molecule has 15 heavy (non-hydrogen) atoms. The van der Waals surface area contributed by atoms with E-state index in [0.29, 0.717) is 11.6 Å². The summed E-state index contributed by atoms with van der Waals surface area (Å²) in [4.78, 5) is 11.6. The fourth-order valence-electron chi connectivity index (χ4n) is 1.50. The molecule has 0 N–H and O–H groups in total. The van der Waals surface area contributed by atoms with Crippen molar-refractivity contribution in [3.63, 3.8) is 0 Å². The number of carbonyl (C=O) groups is 1. The Morgan fingerprint density at radius 1 is 1.47 bits per heavy atom. The Kier molecular flexibility index (Phi) is 4.63. The molecule has 0 aliphatic heterocycles. The normalized spacial score (nSPS) is 12.2. The van der Waals surface area contributed by atoms with Crippen LogP contribution in [0.25, 0.3) is 0 Å². The molecule has 0 amide bonds. The van der Waals surface area contributed by atoms with Crippen molar-refractivity contribution in [2.45, 2.75) is 26.2 Å². The summed E-state index contributed by atoms with van der Waals surface area (Å²) in [5.41, 5.74) is 0.920. The van der Waals surface area contributed by atoms with Crippen molar-refractivity contribution in [3.05, 3.63) is 34.9 Å². The number of hydrogen-bond donors (Lipinski definition) is 0. The number of esters is 1. The van der Waals surface area contributed by atoms with Crippen LogP contribution in [0.15, 0.2) is 24.3 Å². The molecule has 0 fully saturated rings. The molecule has 0 aliphatic carbocycles. The van der Waals surface area contributed by atoms with Crippen molar-refractivity contribution in [3.8, 4) is 0 Å². The minimum absolute atomic E-state index is 0.178. The lowest BCUT2D eigenvalue weighted by Gasteiger charge is -2.13. The molecular formula is C12H15ClO2. The van der Waals surface area contributed by atoms with Crippen LogP contribution in [0, 0.1) is 0 Å². The van der Waals surface area contributed by atoms with Crippen LogP contribution in [-0.4, -0.2) is 12.6 Å². The van der Waals surface area contributed by atoms with Gasteiger partial charge in [0.1, 0.15) is 0 Å². The zero-order valence-electron chi connectivity index (χ0n) is 9.00. The van der Waals surface area contributed by atoms with Crippen LogP contribution in [0.4, 0.5) is 0 Å². The van der Waals surface area contributed by atoms with Gasteiger partial charge in [-0.2, -0.15) is 0 Å². The van der Waals surface area contributed by atoms with Crippen molar-refractivity contribution in [1.82, 2.24) is 0 Å². The van der Waals surface area contributed by atoms with Crippen molar-refractivity contribution >= 4 is 17.6 Å². The fraction of sp³-hybridized carbons (Fsp3) is 0.417. The Hall–Kier alpha value is -1.02. The van der Waals surface area contributed by atoms with Crippen molar-refractivity contribution < 1.29 is 9.53 Å². The average molecular weight is 227 g/mol. The summed E-state index contributed by atoms with van der Waals surface area (Å²) in [6.45, 7) is 4.18. The molecule has 82 valence electrons. The van der Waals surface area contributed by atoms with Gasteiger partial charge < -0.3 is 4.74 Å². The van der Waals surface area contributed by atoms with Crippen molar-refractivity contribution in [1.29, 1.82) is 0 Å². The van der Waals surface area contributed by atoms with E-state index in [9.17, 15) is 4.79 Å². The molecule has 1 atom stereocenters. The molecule has 0 aromatic heterocycles. The van der Waals surface area contributed by atoms with Gasteiger partial charge in [0.05, 0.1) is 12.5 Å². The predicted molar refractivity (Wildman–Crippen MR) is 61.1 cm³/mol. The third-order valence-corrected chi connectivity index (χ3v) is 2.47. The Balaban J connectivity index is 2.87. The van der Waals surface area contributed by atoms with Crippen LogP contribution in [0.5, 0.6) is 0 Å². The first kappa shape index (κ1) is 12.1. The van der Waals surface area contributed by atoms with Gasteiger partial charge in [-0.05, 0) is 31.0 Å². The maximum atomic E-state index is 11.6. The molecule has 1 unspecified atom stereocenters. The van der Waals surface area contributed by atoms with Crippen LogP contribution in [-0.2, 0) is 9.53 Å². The van der Waals surface area contributed by atoms with E-state index in [0.717, 1.165) is 12.0 Å². The summed E-state index contributed by atoms with van der Waals surface area (Å²) in [7, 11) is 0. The molecule has 1 aromatic carbocycles. The molecule has 0 bridgehead atoms. The van der Waals surface area contributed by atoms with E-state index in [2.05, 4.69) is 0 Å². The second-order valence-electron chi connectivity index (χ2n) is 3.27. The van der Waals surface area contributed by atoms with E-state index >= 15 is 0 Å². The van der Waals surface area contributed by atoms with E-state index in [1.54, 1.807) is 6.07 Å². The van der Waals surface area contributed by atoms with Crippen molar-refractivity contribution in [2.75, 3.05) is 6.61 Å². The number of hydrogen-bond acceptors (Lipinski definition) is 2. The highest BCUT2D eigenvalue weighted by Gasteiger charge is 2.19. The van der Waals surface area contributed by atoms with Gasteiger partial charge in [0, 0.05) is 5.02 Å². The van der Waals surface area contributed by atoms with E-state index in [1.807, 2.05) is 32.0 Å². The first-order valence-corrected chi connectivity index (χ1v) is 5.49. The first-order valence-electron chi connectivity index (χ1n) is 5.11. The molecule has 0 aliphatic rings. The van der Waals surface area contributed by atoms with E-state index < -0.39 is 0 Å². The summed E-state index contributed by atoms with van der Waals surface area (Å²) >= 11 is 5.88. The minimum atomic E-state index is -0.205. The van der Waals surface area contributed by atoms with Crippen LogP contribution in [0.2, 0.25) is 5.02 Å². The Morgan fingerprint density at radius 2 is 2.20 bits per heavy atom. The Morgan fingerprint density at radius 3 is 2.73 bits per heavy atom. The van der Waals surface area contributed by atoms with Gasteiger partial charge in [-0.1, -0.05) is 30.7 Å². The zero-order chi connectivity index (χ0) is 11.3. The first-order chi connectivity index (χ1) is 7.19. The third-order valence-electron chi connectivity index (χ3n) is 2.23. The quantitative estimate of drug-likeness (QED) is 0.736. The number of halogens is 1. The summed E-state index contributed by atoms with van der Waals surface area (Å²) in [6.07, 6.45) is 0.721. The SMILES string of the molecule is CCOC(=O)C(CC)c1cccc(Cl)c1.